The van der Waals surface area contributed by atoms with Crippen LogP contribution in [0.4, 0.5) is 0 Å². The number of likely N-dealkylation sites (N-methyl/N-ethyl adjacent to an activating group) is 1. The van der Waals surface area contributed by atoms with E-state index in [2.05, 4.69) is 56.8 Å². The topological polar surface area (TPSA) is 18.5 Å². The lowest BCUT2D eigenvalue weighted by Gasteiger charge is -2.42. The van der Waals surface area contributed by atoms with E-state index in [-0.39, 0.29) is 0 Å². The summed E-state index contributed by atoms with van der Waals surface area (Å²) in [6, 6.07) is 1.37. The van der Waals surface area contributed by atoms with Gasteiger partial charge in [0, 0.05) is 38.3 Å². The van der Waals surface area contributed by atoms with E-state index >= 15 is 0 Å². The Hall–Kier alpha value is -0.120. The highest BCUT2D eigenvalue weighted by Gasteiger charge is 2.25. The Balaban J connectivity index is 2.13. The van der Waals surface area contributed by atoms with Gasteiger partial charge < -0.3 is 5.32 Å². The molecule has 3 heteroatoms. The number of hydrogen-bond acceptors (Lipinski definition) is 3. The van der Waals surface area contributed by atoms with Crippen LogP contribution in [0.15, 0.2) is 0 Å². The molecule has 1 saturated heterocycles. The van der Waals surface area contributed by atoms with Gasteiger partial charge in [-0.2, -0.15) is 0 Å². The van der Waals surface area contributed by atoms with Gasteiger partial charge in [0.15, 0.2) is 0 Å². The minimum atomic E-state index is 0.448. The molecule has 0 saturated carbocycles. The van der Waals surface area contributed by atoms with Gasteiger partial charge in [-0.05, 0) is 39.3 Å². The zero-order valence-electron chi connectivity index (χ0n) is 13.3. The minimum Gasteiger partial charge on any atom is -0.315 e. The third kappa shape index (κ3) is 5.68. The van der Waals surface area contributed by atoms with Gasteiger partial charge in [0.2, 0.25) is 0 Å². The molecule has 0 aliphatic carbocycles. The Morgan fingerprint density at radius 1 is 1.06 bits per heavy atom. The van der Waals surface area contributed by atoms with Crippen LogP contribution < -0.4 is 5.32 Å². The van der Waals surface area contributed by atoms with Crippen LogP contribution in [0.25, 0.3) is 0 Å². The van der Waals surface area contributed by atoms with Crippen molar-refractivity contribution in [2.75, 3.05) is 39.8 Å². The van der Waals surface area contributed by atoms with Crippen molar-refractivity contribution in [2.45, 2.75) is 53.1 Å². The molecule has 1 aliphatic rings. The van der Waals surface area contributed by atoms with E-state index in [1.165, 1.54) is 26.1 Å². The van der Waals surface area contributed by atoms with E-state index in [9.17, 15) is 0 Å². The number of hydrogen-bond donors (Lipinski definition) is 1. The van der Waals surface area contributed by atoms with E-state index in [0.717, 1.165) is 13.1 Å². The number of nitrogens with zero attached hydrogens (tertiary/aromatic N) is 2. The van der Waals surface area contributed by atoms with Gasteiger partial charge in [-0.25, -0.2) is 0 Å². The summed E-state index contributed by atoms with van der Waals surface area (Å²) in [7, 11) is 2.24. The Bertz CT molecular complexity index is 222. The zero-order valence-corrected chi connectivity index (χ0v) is 13.3. The van der Waals surface area contributed by atoms with E-state index in [0.29, 0.717) is 17.5 Å². The molecule has 0 amide bonds. The van der Waals surface area contributed by atoms with Crippen molar-refractivity contribution >= 4 is 0 Å². The van der Waals surface area contributed by atoms with Gasteiger partial charge in [-0.3, -0.25) is 9.80 Å². The van der Waals surface area contributed by atoms with Gasteiger partial charge in [-0.15, -0.1) is 0 Å². The molecule has 108 valence electrons. The lowest BCUT2D eigenvalue weighted by Crippen LogP contribution is -2.55. The molecule has 2 atom stereocenters. The Morgan fingerprint density at radius 2 is 1.61 bits per heavy atom. The molecule has 0 spiro atoms. The summed E-state index contributed by atoms with van der Waals surface area (Å²) in [4.78, 5) is 5.09. The number of rotatable bonds is 5. The first-order valence-corrected chi connectivity index (χ1v) is 7.44. The van der Waals surface area contributed by atoms with Gasteiger partial charge in [0.25, 0.3) is 0 Å². The summed E-state index contributed by atoms with van der Waals surface area (Å²) in [5.41, 5.74) is 0.448. The van der Waals surface area contributed by atoms with Crippen LogP contribution in [0.1, 0.15) is 41.0 Å². The normalized spacial score (nSPS) is 27.7. The first kappa shape index (κ1) is 15.9. The van der Waals surface area contributed by atoms with Crippen LogP contribution in [-0.4, -0.2) is 61.7 Å². The van der Waals surface area contributed by atoms with Crippen molar-refractivity contribution in [1.82, 2.24) is 15.1 Å². The molecule has 0 aromatic carbocycles. The largest absolute Gasteiger partial charge is 0.315 e. The van der Waals surface area contributed by atoms with Crippen molar-refractivity contribution in [3.63, 3.8) is 0 Å². The molecule has 0 radical (unpaired) electrons. The van der Waals surface area contributed by atoms with Crippen LogP contribution in [0, 0.1) is 5.41 Å². The summed E-state index contributed by atoms with van der Waals surface area (Å²) in [5.74, 6) is 0. The van der Waals surface area contributed by atoms with Gasteiger partial charge in [0.05, 0.1) is 0 Å². The average Bonchev–Trinajstić information content (AvgIpc) is 2.23. The fourth-order valence-electron chi connectivity index (χ4n) is 2.52. The maximum Gasteiger partial charge on any atom is 0.0195 e. The van der Waals surface area contributed by atoms with Gasteiger partial charge in [0.1, 0.15) is 0 Å². The maximum atomic E-state index is 3.57. The minimum absolute atomic E-state index is 0.448. The molecular formula is C15H33N3. The lowest BCUT2D eigenvalue weighted by atomic mass is 9.92. The quantitative estimate of drug-likeness (QED) is 0.759. The fraction of sp³-hybridized carbons (Fsp3) is 1.00. The number of nitrogens with one attached hydrogen (secondary N) is 1. The summed E-state index contributed by atoms with van der Waals surface area (Å²) in [5, 5.41) is 3.57. The first-order valence-electron chi connectivity index (χ1n) is 7.44. The predicted molar refractivity (Wildman–Crippen MR) is 80.1 cm³/mol. The van der Waals surface area contributed by atoms with Crippen LogP contribution >= 0.6 is 0 Å². The molecule has 1 aliphatic heterocycles. The predicted octanol–water partition coefficient (Wildman–Crippen LogP) is 2.04. The second-order valence-corrected chi connectivity index (χ2v) is 7.18. The Labute approximate surface area is 114 Å². The highest BCUT2D eigenvalue weighted by molar-refractivity contribution is 4.82. The summed E-state index contributed by atoms with van der Waals surface area (Å²) in [6.45, 7) is 17.4. The highest BCUT2D eigenvalue weighted by atomic mass is 15.3. The molecule has 0 aromatic heterocycles. The van der Waals surface area contributed by atoms with Crippen molar-refractivity contribution in [3.8, 4) is 0 Å². The molecule has 1 N–H and O–H groups in total. The molecule has 18 heavy (non-hydrogen) atoms. The SMILES string of the molecule is CC1CN(CCNCCC(C)(C)C)CC(C)N1C. The average molecular weight is 255 g/mol. The third-order valence-corrected chi connectivity index (χ3v) is 4.09. The molecule has 0 aromatic rings. The summed E-state index contributed by atoms with van der Waals surface area (Å²) in [6.07, 6.45) is 1.25. The third-order valence-electron chi connectivity index (χ3n) is 4.09. The van der Waals surface area contributed by atoms with Gasteiger partial charge >= 0.3 is 0 Å². The summed E-state index contributed by atoms with van der Waals surface area (Å²) < 4.78 is 0. The van der Waals surface area contributed by atoms with E-state index < -0.39 is 0 Å². The van der Waals surface area contributed by atoms with Crippen LogP contribution in [0.3, 0.4) is 0 Å². The molecule has 1 heterocycles. The van der Waals surface area contributed by atoms with Crippen molar-refractivity contribution in [3.05, 3.63) is 0 Å². The smallest absolute Gasteiger partial charge is 0.0195 e. The Kier molecular flexibility index (Phi) is 6.09. The Morgan fingerprint density at radius 3 is 2.11 bits per heavy atom. The van der Waals surface area contributed by atoms with Crippen molar-refractivity contribution in [2.24, 2.45) is 5.41 Å². The highest BCUT2D eigenvalue weighted by Crippen LogP contribution is 2.17. The second kappa shape index (κ2) is 6.88. The lowest BCUT2D eigenvalue weighted by molar-refractivity contribution is 0.0607. The first-order chi connectivity index (χ1) is 8.29. The van der Waals surface area contributed by atoms with E-state index in [1.807, 2.05) is 0 Å². The van der Waals surface area contributed by atoms with Crippen molar-refractivity contribution < 1.29 is 0 Å². The molecule has 0 bridgehead atoms. The van der Waals surface area contributed by atoms with Crippen LogP contribution in [-0.2, 0) is 0 Å². The van der Waals surface area contributed by atoms with E-state index in [4.69, 9.17) is 0 Å². The molecule has 1 fully saturated rings. The molecule has 2 unspecified atom stereocenters. The standard InChI is InChI=1S/C15H33N3/c1-13-11-18(12-14(2)17(13)6)10-9-16-8-7-15(3,4)5/h13-14,16H,7-12H2,1-6H3. The fourth-order valence-corrected chi connectivity index (χ4v) is 2.52. The van der Waals surface area contributed by atoms with E-state index in [1.54, 1.807) is 0 Å². The van der Waals surface area contributed by atoms with Crippen LogP contribution in [0.5, 0.6) is 0 Å². The van der Waals surface area contributed by atoms with Crippen molar-refractivity contribution in [1.29, 1.82) is 0 Å². The van der Waals surface area contributed by atoms with Gasteiger partial charge in [-0.1, -0.05) is 20.8 Å². The monoisotopic (exact) mass is 255 g/mol. The summed E-state index contributed by atoms with van der Waals surface area (Å²) >= 11 is 0. The number of piperazine rings is 1. The molecule has 3 nitrogen and oxygen atoms in total. The second-order valence-electron chi connectivity index (χ2n) is 7.18. The molecule has 1 rings (SSSR count). The maximum absolute atomic E-state index is 3.57. The molecular weight excluding hydrogens is 222 g/mol. The zero-order chi connectivity index (χ0) is 13.8. The van der Waals surface area contributed by atoms with Crippen LogP contribution in [0.2, 0.25) is 0 Å².